The van der Waals surface area contributed by atoms with Crippen LogP contribution >= 0.6 is 0 Å². The van der Waals surface area contributed by atoms with Crippen molar-refractivity contribution in [2.45, 2.75) is 90.0 Å². The molecule has 2 rings (SSSR count). The molecule has 1 saturated carbocycles. The Morgan fingerprint density at radius 3 is 2.70 bits per heavy atom. The summed E-state index contributed by atoms with van der Waals surface area (Å²) in [6.45, 7) is 3.95. The third kappa shape index (κ3) is 6.77. The van der Waals surface area contributed by atoms with Gasteiger partial charge in [-0.15, -0.1) is 0 Å². The Morgan fingerprint density at radius 1 is 1.27 bits per heavy atom. The average molecular weight is 429 g/mol. The zero-order valence-electron chi connectivity index (χ0n) is 18.4. The molecule has 7 atom stereocenters. The van der Waals surface area contributed by atoms with Crippen molar-refractivity contribution in [3.05, 3.63) is 12.2 Å². The predicted octanol–water partition coefficient (Wildman–Crippen LogP) is 4.87. The van der Waals surface area contributed by atoms with Crippen molar-refractivity contribution in [3.63, 3.8) is 0 Å². The molecule has 0 aromatic carbocycles. The molecule has 0 spiro atoms. The van der Waals surface area contributed by atoms with E-state index < -0.39 is 12.1 Å². The number of rotatable bonds is 12. The zero-order valence-corrected chi connectivity index (χ0v) is 18.4. The SMILES string of the molecule is CCCC[C@@H](F)[C@H](C)C=C[C@H]1[C@H]2C[C@@H](CCCCC(=O)OO)O[C@H]2C[C@H]1C(=O)OC. The number of fused-ring (bicyclic) bond motifs is 1. The van der Waals surface area contributed by atoms with Crippen molar-refractivity contribution in [2.24, 2.45) is 23.7 Å². The maximum absolute atomic E-state index is 14.3. The fourth-order valence-electron chi connectivity index (χ4n) is 4.84. The Morgan fingerprint density at radius 2 is 2.03 bits per heavy atom. The van der Waals surface area contributed by atoms with Crippen LogP contribution in [-0.4, -0.2) is 42.7 Å². The number of allylic oxidation sites excluding steroid dienone is 2. The molecule has 1 saturated heterocycles. The molecule has 0 aromatic heterocycles. The molecular weight excluding hydrogens is 391 g/mol. The van der Waals surface area contributed by atoms with Crippen molar-refractivity contribution in [1.82, 2.24) is 0 Å². The molecule has 0 unspecified atom stereocenters. The Hall–Kier alpha value is -1.47. The summed E-state index contributed by atoms with van der Waals surface area (Å²) in [5.41, 5.74) is 0. The number of methoxy groups -OCH3 is 1. The summed E-state index contributed by atoms with van der Waals surface area (Å²) in [5, 5.41) is 8.30. The van der Waals surface area contributed by atoms with Gasteiger partial charge in [0.25, 0.3) is 0 Å². The molecule has 0 radical (unpaired) electrons. The van der Waals surface area contributed by atoms with Gasteiger partial charge >= 0.3 is 11.9 Å². The van der Waals surface area contributed by atoms with Crippen LogP contribution < -0.4 is 0 Å². The predicted molar refractivity (Wildman–Crippen MR) is 110 cm³/mol. The maximum atomic E-state index is 14.3. The minimum absolute atomic E-state index is 0.00218. The quantitative estimate of drug-likeness (QED) is 0.157. The van der Waals surface area contributed by atoms with E-state index in [0.717, 1.165) is 32.1 Å². The van der Waals surface area contributed by atoms with Gasteiger partial charge in [0.1, 0.15) is 6.17 Å². The van der Waals surface area contributed by atoms with Crippen LogP contribution in [0.1, 0.15) is 71.6 Å². The van der Waals surface area contributed by atoms with E-state index in [9.17, 15) is 14.0 Å². The molecule has 6 nitrogen and oxygen atoms in total. The summed E-state index contributed by atoms with van der Waals surface area (Å²) in [6.07, 6.45) is 9.53. The lowest BCUT2D eigenvalue weighted by molar-refractivity contribution is -0.234. The first-order valence-electron chi connectivity index (χ1n) is 11.3. The second kappa shape index (κ2) is 12.4. The second-order valence-electron chi connectivity index (χ2n) is 8.75. The summed E-state index contributed by atoms with van der Waals surface area (Å²) < 4.78 is 25.6. The standard InChI is InChI=1S/C23H37FO6/c1-4-5-9-20(24)15(2)11-12-17-18-13-16(8-6-7-10-22(25)30-27)29-21(18)14-19(17)23(26)28-3/h11-12,15-21,27H,4-10,13-14H2,1-3H3/t15-,16-,17+,18-,19-,20-,21+/m1/s1. The number of carbonyl (C=O) groups excluding carboxylic acids is 2. The summed E-state index contributed by atoms with van der Waals surface area (Å²) in [4.78, 5) is 27.0. The Balaban J connectivity index is 1.93. The molecule has 1 N–H and O–H groups in total. The van der Waals surface area contributed by atoms with Gasteiger partial charge in [-0.1, -0.05) is 45.3 Å². The highest BCUT2D eigenvalue weighted by molar-refractivity contribution is 5.73. The number of ether oxygens (including phenoxy) is 2. The lowest BCUT2D eigenvalue weighted by Gasteiger charge is -2.21. The summed E-state index contributed by atoms with van der Waals surface area (Å²) in [7, 11) is 1.41. The highest BCUT2D eigenvalue weighted by Gasteiger charge is 2.51. The van der Waals surface area contributed by atoms with Crippen molar-refractivity contribution >= 4 is 11.9 Å². The highest BCUT2D eigenvalue weighted by atomic mass is 19.1. The van der Waals surface area contributed by atoms with Crippen LogP contribution in [0.15, 0.2) is 12.2 Å². The zero-order chi connectivity index (χ0) is 22.1. The fraction of sp³-hybridized carbons (Fsp3) is 0.826. The lowest BCUT2D eigenvalue weighted by atomic mass is 9.84. The van der Waals surface area contributed by atoms with Crippen molar-refractivity contribution in [3.8, 4) is 0 Å². The first kappa shape index (κ1) is 24.8. The van der Waals surface area contributed by atoms with E-state index in [0.29, 0.717) is 19.3 Å². The van der Waals surface area contributed by atoms with Gasteiger partial charge in [0.15, 0.2) is 0 Å². The normalized spacial score (nSPS) is 30.2. The van der Waals surface area contributed by atoms with E-state index in [1.807, 2.05) is 19.1 Å². The van der Waals surface area contributed by atoms with Crippen molar-refractivity contribution < 1.29 is 33.6 Å². The topological polar surface area (TPSA) is 82.1 Å². The average Bonchev–Trinajstić information content (AvgIpc) is 3.30. The van der Waals surface area contributed by atoms with Gasteiger partial charge in [0, 0.05) is 12.3 Å². The van der Waals surface area contributed by atoms with E-state index in [1.165, 1.54) is 7.11 Å². The van der Waals surface area contributed by atoms with Crippen LogP contribution in [0.3, 0.4) is 0 Å². The molecule has 1 aliphatic heterocycles. The Bertz CT molecular complexity index is 580. The van der Waals surface area contributed by atoms with Gasteiger partial charge in [-0.25, -0.2) is 9.18 Å². The van der Waals surface area contributed by atoms with Gasteiger partial charge in [-0.2, -0.15) is 5.26 Å². The van der Waals surface area contributed by atoms with Gasteiger partial charge in [-0.05, 0) is 43.9 Å². The Kier molecular flexibility index (Phi) is 10.2. The van der Waals surface area contributed by atoms with Gasteiger partial charge < -0.3 is 14.4 Å². The Labute approximate surface area is 179 Å². The number of alkyl halides is 1. The monoisotopic (exact) mass is 428 g/mol. The van der Waals surface area contributed by atoms with Gasteiger partial charge in [0.2, 0.25) is 0 Å². The lowest BCUT2D eigenvalue weighted by Crippen LogP contribution is -2.24. The largest absolute Gasteiger partial charge is 0.469 e. The van der Waals surface area contributed by atoms with Crippen LogP contribution in [0.5, 0.6) is 0 Å². The number of hydrogen-bond donors (Lipinski definition) is 1. The molecule has 2 fully saturated rings. The van der Waals surface area contributed by atoms with Gasteiger partial charge in [0.05, 0.1) is 25.2 Å². The van der Waals surface area contributed by atoms with Crippen molar-refractivity contribution in [2.75, 3.05) is 7.11 Å². The second-order valence-corrected chi connectivity index (χ2v) is 8.75. The molecule has 7 heteroatoms. The number of carbonyl (C=O) groups is 2. The van der Waals surface area contributed by atoms with Crippen LogP contribution in [0.4, 0.5) is 4.39 Å². The molecule has 30 heavy (non-hydrogen) atoms. The molecule has 1 aliphatic carbocycles. The molecule has 2 aliphatic rings. The highest BCUT2D eigenvalue weighted by Crippen LogP contribution is 2.48. The minimum Gasteiger partial charge on any atom is -0.469 e. The van der Waals surface area contributed by atoms with E-state index in [1.54, 1.807) is 0 Å². The summed E-state index contributed by atoms with van der Waals surface area (Å²) >= 11 is 0. The maximum Gasteiger partial charge on any atom is 0.342 e. The van der Waals surface area contributed by atoms with E-state index in [4.69, 9.17) is 14.7 Å². The first-order chi connectivity index (χ1) is 14.4. The molecule has 0 bridgehead atoms. The van der Waals surface area contributed by atoms with Crippen molar-refractivity contribution in [1.29, 1.82) is 0 Å². The van der Waals surface area contributed by atoms with Crippen LogP contribution in [0.2, 0.25) is 0 Å². The van der Waals surface area contributed by atoms with Crippen LogP contribution in [0.25, 0.3) is 0 Å². The number of unbranched alkanes of at least 4 members (excludes halogenated alkanes) is 2. The third-order valence-electron chi connectivity index (χ3n) is 6.63. The number of hydrogen-bond acceptors (Lipinski definition) is 6. The van der Waals surface area contributed by atoms with E-state index >= 15 is 0 Å². The van der Waals surface area contributed by atoms with Crippen LogP contribution in [-0.2, 0) is 24.0 Å². The minimum atomic E-state index is -0.867. The molecule has 172 valence electrons. The van der Waals surface area contributed by atoms with E-state index in [2.05, 4.69) is 11.8 Å². The van der Waals surface area contributed by atoms with E-state index in [-0.39, 0.29) is 48.3 Å². The summed E-state index contributed by atoms with van der Waals surface area (Å²) in [5.74, 6) is -1.06. The summed E-state index contributed by atoms with van der Waals surface area (Å²) in [6, 6.07) is 0. The molecule has 1 heterocycles. The van der Waals surface area contributed by atoms with Gasteiger partial charge in [-0.3, -0.25) is 4.79 Å². The molecule has 0 aromatic rings. The van der Waals surface area contributed by atoms with Crippen LogP contribution in [0, 0.1) is 23.7 Å². The smallest absolute Gasteiger partial charge is 0.342 e. The first-order valence-corrected chi connectivity index (χ1v) is 11.3. The number of esters is 1. The fourth-order valence-corrected chi connectivity index (χ4v) is 4.84. The molecular formula is C23H37FO6. The third-order valence-corrected chi connectivity index (χ3v) is 6.63. The number of halogens is 1. The molecule has 0 amide bonds.